The molecule has 8 N–H and O–H groups in total. The number of para-hydroxylation sites is 1. The van der Waals surface area contributed by atoms with Crippen LogP contribution in [0.2, 0.25) is 0 Å². The molecule has 5 rings (SSSR count). The molecule has 2 saturated heterocycles. The highest BCUT2D eigenvalue weighted by Crippen LogP contribution is 2.34. The number of aliphatic hydroxyl groups excluding tert-OH is 5. The third-order valence-corrected chi connectivity index (χ3v) is 8.04. The van der Waals surface area contributed by atoms with Gasteiger partial charge in [0, 0.05) is 17.8 Å². The fraction of sp³-hybridized carbons (Fsp3) is 0.452. The zero-order valence-corrected chi connectivity index (χ0v) is 24.2. The van der Waals surface area contributed by atoms with Crippen molar-refractivity contribution in [2.45, 2.75) is 75.0 Å². The van der Waals surface area contributed by atoms with Crippen LogP contribution in [-0.4, -0.2) is 111 Å². The lowest BCUT2D eigenvalue weighted by molar-refractivity contribution is -0.155. The Labute approximate surface area is 254 Å². The molecule has 2 aromatic rings. The van der Waals surface area contributed by atoms with Crippen molar-refractivity contribution < 1.29 is 54.4 Å². The average Bonchev–Trinajstić information content (AvgIpc) is 3.61. The van der Waals surface area contributed by atoms with E-state index in [2.05, 4.69) is 10.6 Å². The van der Waals surface area contributed by atoms with Gasteiger partial charge in [0.1, 0.15) is 55.6 Å². The van der Waals surface area contributed by atoms with Crippen LogP contribution >= 0.6 is 0 Å². The highest BCUT2D eigenvalue weighted by atomic mass is 16.7. The summed E-state index contributed by atoms with van der Waals surface area (Å²) in [5, 5.41) is 68.9. The van der Waals surface area contributed by atoms with Gasteiger partial charge in [-0.2, -0.15) is 0 Å². The number of phenols is 1. The van der Waals surface area contributed by atoms with Crippen LogP contribution in [0.1, 0.15) is 19.4 Å². The van der Waals surface area contributed by atoms with Gasteiger partial charge in [0.15, 0.2) is 11.5 Å². The normalized spacial score (nSPS) is 34.0. The number of phenolic OH excluding ortho intramolecular Hbond substituents is 1. The molecule has 0 unspecified atom stereocenters. The van der Waals surface area contributed by atoms with E-state index in [1.165, 1.54) is 25.1 Å². The summed E-state index contributed by atoms with van der Waals surface area (Å²) >= 11 is 0. The highest BCUT2D eigenvalue weighted by molar-refractivity contribution is 5.97. The minimum Gasteiger partial charge on any atom is -0.504 e. The summed E-state index contributed by atoms with van der Waals surface area (Å²) in [6, 6.07) is 12.7. The molecule has 0 radical (unpaired) electrons. The van der Waals surface area contributed by atoms with Crippen LogP contribution in [-0.2, 0) is 19.0 Å². The molecule has 1 aliphatic carbocycles. The molecule has 13 nitrogen and oxygen atoms in total. The molecule has 238 valence electrons. The highest BCUT2D eigenvalue weighted by Gasteiger charge is 2.53. The summed E-state index contributed by atoms with van der Waals surface area (Å²) in [4.78, 5) is 12.9. The number of carbonyl (C=O) groups is 1. The molecule has 0 spiro atoms. The number of aliphatic hydroxyl groups is 5. The molecule has 1 saturated carbocycles. The van der Waals surface area contributed by atoms with Crippen molar-refractivity contribution in [3.63, 3.8) is 0 Å². The van der Waals surface area contributed by atoms with Crippen molar-refractivity contribution in [2.75, 3.05) is 18.7 Å². The topological polar surface area (TPSA) is 199 Å². The molecular formula is C31H38N2O11. The number of hydrogen-bond donors (Lipinski definition) is 8. The van der Waals surface area contributed by atoms with E-state index < -0.39 is 67.1 Å². The lowest BCUT2D eigenvalue weighted by Crippen LogP contribution is -2.67. The van der Waals surface area contributed by atoms with E-state index in [4.69, 9.17) is 18.9 Å². The summed E-state index contributed by atoms with van der Waals surface area (Å²) in [6.07, 6.45) is -7.35. The van der Waals surface area contributed by atoms with Crippen molar-refractivity contribution in [3.05, 3.63) is 71.3 Å². The number of fused-ring (bicyclic) bond motifs is 1. The van der Waals surface area contributed by atoms with Crippen LogP contribution in [0.3, 0.4) is 0 Å². The van der Waals surface area contributed by atoms with Gasteiger partial charge < -0.3 is 60.2 Å². The summed E-state index contributed by atoms with van der Waals surface area (Å²) in [5.41, 5.74) is 2.23. The predicted octanol–water partition coefficient (Wildman–Crippen LogP) is 0.00200. The zero-order chi connectivity index (χ0) is 31.5. The molecule has 0 aromatic heterocycles. The Hall–Kier alpha value is -3.53. The second kappa shape index (κ2) is 13.6. The Kier molecular flexibility index (Phi) is 9.87. The maximum Gasteiger partial charge on any atom is 0.247 e. The predicted molar refractivity (Wildman–Crippen MR) is 156 cm³/mol. The SMILES string of the molecule is C/C(=C/CNc1ccccc1)[C@H]1O[C@@H](Oc2ccc(/C=C(\C)C(=O)N[C@@H]3[C@H](O)[C@@H](O)[C@H]4OCO[C@H]4[C@@H]3O)cc2O)[C@@H](O)[C@@H]1O. The number of carbonyl (C=O) groups excluding carboxylic acids is 1. The lowest BCUT2D eigenvalue weighted by atomic mass is 9.83. The number of nitrogens with one attached hydrogen (secondary N) is 2. The Morgan fingerprint density at radius 3 is 2.34 bits per heavy atom. The molecule has 1 amide bonds. The number of ether oxygens (including phenoxy) is 4. The fourth-order valence-corrected chi connectivity index (χ4v) is 5.51. The molecule has 3 fully saturated rings. The molecule has 44 heavy (non-hydrogen) atoms. The zero-order valence-electron chi connectivity index (χ0n) is 24.2. The number of amides is 1. The third kappa shape index (κ3) is 6.75. The average molecular weight is 615 g/mol. The second-order valence-electron chi connectivity index (χ2n) is 11.1. The minimum atomic E-state index is -1.48. The lowest BCUT2D eigenvalue weighted by Gasteiger charge is -2.41. The van der Waals surface area contributed by atoms with E-state index in [-0.39, 0.29) is 23.9 Å². The largest absolute Gasteiger partial charge is 0.504 e. The van der Waals surface area contributed by atoms with Crippen LogP contribution in [0.15, 0.2) is 65.8 Å². The first-order valence-electron chi connectivity index (χ1n) is 14.3. The first-order valence-corrected chi connectivity index (χ1v) is 14.3. The molecule has 2 aromatic carbocycles. The van der Waals surface area contributed by atoms with E-state index in [1.807, 2.05) is 36.4 Å². The van der Waals surface area contributed by atoms with Gasteiger partial charge in [0.2, 0.25) is 12.2 Å². The van der Waals surface area contributed by atoms with Crippen molar-refractivity contribution in [1.29, 1.82) is 0 Å². The maximum absolute atomic E-state index is 12.9. The molecular weight excluding hydrogens is 576 g/mol. The summed E-state index contributed by atoms with van der Waals surface area (Å²) in [7, 11) is 0. The summed E-state index contributed by atoms with van der Waals surface area (Å²) in [6.45, 7) is 3.61. The molecule has 3 aliphatic rings. The van der Waals surface area contributed by atoms with Crippen molar-refractivity contribution in [2.24, 2.45) is 0 Å². The first-order chi connectivity index (χ1) is 21.0. The molecule has 2 aliphatic heterocycles. The van der Waals surface area contributed by atoms with E-state index in [0.717, 1.165) is 5.69 Å². The quantitative estimate of drug-likeness (QED) is 0.139. The molecule has 2 heterocycles. The molecule has 0 bridgehead atoms. The van der Waals surface area contributed by atoms with Crippen LogP contribution in [0, 0.1) is 0 Å². The van der Waals surface area contributed by atoms with Crippen LogP contribution < -0.4 is 15.4 Å². The second-order valence-corrected chi connectivity index (χ2v) is 11.1. The van der Waals surface area contributed by atoms with Gasteiger partial charge in [-0.1, -0.05) is 30.3 Å². The van der Waals surface area contributed by atoms with E-state index in [9.17, 15) is 35.4 Å². The number of hydrogen-bond acceptors (Lipinski definition) is 12. The van der Waals surface area contributed by atoms with Crippen molar-refractivity contribution in [1.82, 2.24) is 5.32 Å². The minimum absolute atomic E-state index is 0.00990. The van der Waals surface area contributed by atoms with Gasteiger partial charge in [-0.05, 0) is 55.3 Å². The molecule has 10 atom stereocenters. The smallest absolute Gasteiger partial charge is 0.247 e. The fourth-order valence-electron chi connectivity index (χ4n) is 5.51. The van der Waals surface area contributed by atoms with Gasteiger partial charge in [0.25, 0.3) is 0 Å². The van der Waals surface area contributed by atoms with Crippen molar-refractivity contribution in [3.8, 4) is 11.5 Å². The standard InChI is InChI=1S/C31H38N2O11/c1-15(10-11-32-18-6-4-3-5-7-18)27-25(38)26(39)31(44-27)43-20-9-8-17(13-19(20)34)12-16(2)30(40)33-21-22(35)24(37)29-28(23(21)36)41-14-42-29/h3-10,12-13,21-29,31-32,34-39H,11,14H2,1-2H3,(H,33,40)/b15-10-,16-12+/t21-,22+,23-,24-,25+,26+,27-,28+,29-,31-/m1/s1. The van der Waals surface area contributed by atoms with Gasteiger partial charge in [-0.25, -0.2) is 0 Å². The summed E-state index contributed by atoms with van der Waals surface area (Å²) in [5.74, 6) is -0.933. The molecule has 13 heteroatoms. The number of anilines is 1. The van der Waals surface area contributed by atoms with Gasteiger partial charge in [0.05, 0.1) is 6.04 Å². The maximum atomic E-state index is 12.9. The summed E-state index contributed by atoms with van der Waals surface area (Å²) < 4.78 is 22.0. The van der Waals surface area contributed by atoms with Gasteiger partial charge in [-0.3, -0.25) is 4.79 Å². The Balaban J connectivity index is 1.18. The van der Waals surface area contributed by atoms with Gasteiger partial charge in [-0.15, -0.1) is 0 Å². The van der Waals surface area contributed by atoms with Crippen LogP contribution in [0.4, 0.5) is 5.69 Å². The van der Waals surface area contributed by atoms with Crippen LogP contribution in [0.25, 0.3) is 6.08 Å². The van der Waals surface area contributed by atoms with Crippen LogP contribution in [0.5, 0.6) is 11.5 Å². The third-order valence-electron chi connectivity index (χ3n) is 8.04. The Bertz CT molecular complexity index is 1370. The Morgan fingerprint density at radius 1 is 0.932 bits per heavy atom. The van der Waals surface area contributed by atoms with Gasteiger partial charge >= 0.3 is 0 Å². The monoisotopic (exact) mass is 614 g/mol. The number of rotatable bonds is 9. The van der Waals surface area contributed by atoms with Crippen molar-refractivity contribution >= 4 is 17.7 Å². The first kappa shape index (κ1) is 31.9. The van der Waals surface area contributed by atoms with E-state index in [1.54, 1.807) is 13.0 Å². The van der Waals surface area contributed by atoms with E-state index in [0.29, 0.717) is 17.7 Å². The number of aromatic hydroxyl groups is 1. The number of benzene rings is 2. The van der Waals surface area contributed by atoms with E-state index >= 15 is 0 Å². The Morgan fingerprint density at radius 2 is 1.64 bits per heavy atom.